The number of hydrogen-bond donors (Lipinski definition) is 0. The topological polar surface area (TPSA) is 59.2 Å². The fraction of sp³-hybridized carbons (Fsp3) is 0.500. The molecule has 1 atom stereocenters. The van der Waals surface area contributed by atoms with Crippen LogP contribution in [-0.2, 0) is 17.5 Å². The molecule has 2 saturated carbocycles. The number of carbonyl (C=O) groups excluding carboxylic acids is 1. The van der Waals surface area contributed by atoms with Gasteiger partial charge < -0.3 is 9.42 Å². The number of aromatic nitrogens is 2. The molecule has 1 aromatic heterocycles. The Kier molecular flexibility index (Phi) is 4.82. The van der Waals surface area contributed by atoms with Gasteiger partial charge in [0, 0.05) is 18.7 Å². The van der Waals surface area contributed by atoms with Crippen molar-refractivity contribution in [3.05, 3.63) is 35.7 Å². The summed E-state index contributed by atoms with van der Waals surface area (Å²) in [5, 5.41) is 3.37. The van der Waals surface area contributed by atoms with E-state index in [2.05, 4.69) is 14.7 Å². The van der Waals surface area contributed by atoms with Gasteiger partial charge in [0.1, 0.15) is 4.33 Å². The van der Waals surface area contributed by atoms with E-state index in [0.29, 0.717) is 31.0 Å². The van der Waals surface area contributed by atoms with Gasteiger partial charge in [0.2, 0.25) is 11.7 Å². The van der Waals surface area contributed by atoms with E-state index >= 15 is 0 Å². The fourth-order valence-electron chi connectivity index (χ4n) is 2.98. The molecule has 2 aliphatic carbocycles. The maximum absolute atomic E-state index is 12.7. The SMILES string of the molecule is O=C(C1CC1(Cl)Cl)N(Cc1ccc(-c2noc(C(F)(F)F)n2)cc1)CC1CC1. The molecule has 5 nitrogen and oxygen atoms in total. The highest BCUT2D eigenvalue weighted by Gasteiger charge is 2.57. The van der Waals surface area contributed by atoms with Gasteiger partial charge in [-0.1, -0.05) is 29.4 Å². The second kappa shape index (κ2) is 6.91. The summed E-state index contributed by atoms with van der Waals surface area (Å²) in [6.07, 6.45) is -2.04. The van der Waals surface area contributed by atoms with Crippen LogP contribution in [-0.4, -0.2) is 31.8 Å². The van der Waals surface area contributed by atoms with Gasteiger partial charge >= 0.3 is 12.1 Å². The number of rotatable bonds is 6. The lowest BCUT2D eigenvalue weighted by Crippen LogP contribution is -2.34. The van der Waals surface area contributed by atoms with Crippen molar-refractivity contribution in [2.75, 3.05) is 6.54 Å². The highest BCUT2D eigenvalue weighted by molar-refractivity contribution is 6.52. The first-order valence-electron chi connectivity index (χ1n) is 8.80. The minimum absolute atomic E-state index is 0.0611. The zero-order valence-corrected chi connectivity index (χ0v) is 16.1. The number of hydrogen-bond acceptors (Lipinski definition) is 4. The third-order valence-corrected chi connectivity index (χ3v) is 5.70. The van der Waals surface area contributed by atoms with Crippen LogP contribution in [0.2, 0.25) is 0 Å². The molecule has 28 heavy (non-hydrogen) atoms. The van der Waals surface area contributed by atoms with E-state index in [0.717, 1.165) is 18.4 Å². The lowest BCUT2D eigenvalue weighted by Gasteiger charge is -2.23. The van der Waals surface area contributed by atoms with Crippen molar-refractivity contribution in [1.29, 1.82) is 0 Å². The Bertz CT molecular complexity index is 879. The standard InChI is InChI=1S/C18H16Cl2F3N3O2/c19-17(20)7-13(17)15(27)26(8-10-1-2-10)9-11-3-5-12(6-4-11)14-24-16(28-25-14)18(21,22)23/h3-6,10,13H,1-2,7-9H2. The second-order valence-electron chi connectivity index (χ2n) is 7.30. The van der Waals surface area contributed by atoms with Crippen molar-refractivity contribution < 1.29 is 22.5 Å². The van der Waals surface area contributed by atoms with Crippen molar-refractivity contribution in [2.24, 2.45) is 11.8 Å². The summed E-state index contributed by atoms with van der Waals surface area (Å²) < 4.78 is 41.0. The van der Waals surface area contributed by atoms with Crippen LogP contribution < -0.4 is 0 Å². The van der Waals surface area contributed by atoms with Gasteiger partial charge in [0.05, 0.1) is 5.92 Å². The molecule has 0 spiro atoms. The van der Waals surface area contributed by atoms with Crippen molar-refractivity contribution in [1.82, 2.24) is 15.0 Å². The molecule has 2 aliphatic rings. The van der Waals surface area contributed by atoms with Crippen LogP contribution in [0.1, 0.15) is 30.7 Å². The largest absolute Gasteiger partial charge is 0.471 e. The first kappa shape index (κ1) is 19.5. The zero-order valence-electron chi connectivity index (χ0n) is 14.5. The maximum atomic E-state index is 12.7. The molecule has 1 heterocycles. The van der Waals surface area contributed by atoms with E-state index in [9.17, 15) is 18.0 Å². The summed E-state index contributed by atoms with van der Waals surface area (Å²) in [5.74, 6) is -1.47. The van der Waals surface area contributed by atoms with E-state index in [-0.39, 0.29) is 17.6 Å². The Morgan fingerprint density at radius 1 is 1.25 bits per heavy atom. The van der Waals surface area contributed by atoms with Crippen LogP contribution >= 0.6 is 23.2 Å². The molecule has 1 amide bonds. The highest BCUT2D eigenvalue weighted by atomic mass is 35.5. The summed E-state index contributed by atoms with van der Waals surface area (Å²) in [6, 6.07) is 6.66. The van der Waals surface area contributed by atoms with Gasteiger partial charge in [0.25, 0.3) is 0 Å². The average molecular weight is 434 g/mol. The molecule has 150 valence electrons. The number of alkyl halides is 5. The van der Waals surface area contributed by atoms with Crippen LogP contribution in [0.3, 0.4) is 0 Å². The average Bonchev–Trinajstić information content (AvgIpc) is 3.49. The lowest BCUT2D eigenvalue weighted by molar-refractivity contribution is -0.159. The fourth-order valence-corrected chi connectivity index (χ4v) is 3.48. The molecule has 0 radical (unpaired) electrons. The molecular formula is C18H16Cl2F3N3O2. The molecule has 0 bridgehead atoms. The molecular weight excluding hydrogens is 418 g/mol. The predicted octanol–water partition coefficient (Wildman–Crippen LogP) is 4.69. The molecule has 0 saturated heterocycles. The number of halogens is 5. The molecule has 0 aliphatic heterocycles. The molecule has 0 N–H and O–H groups in total. The summed E-state index contributed by atoms with van der Waals surface area (Å²) in [6.45, 7) is 1.04. The predicted molar refractivity (Wildman–Crippen MR) is 95.4 cm³/mol. The van der Waals surface area contributed by atoms with Gasteiger partial charge in [0.15, 0.2) is 0 Å². The van der Waals surface area contributed by atoms with Gasteiger partial charge in [-0.15, -0.1) is 23.2 Å². The number of carbonyl (C=O) groups is 1. The molecule has 2 fully saturated rings. The van der Waals surface area contributed by atoms with Gasteiger partial charge in [-0.3, -0.25) is 4.79 Å². The Labute approximate surface area is 168 Å². The summed E-state index contributed by atoms with van der Waals surface area (Å²) in [4.78, 5) is 17.8. The van der Waals surface area contributed by atoms with Crippen molar-refractivity contribution >= 4 is 29.1 Å². The zero-order chi connectivity index (χ0) is 20.1. The minimum atomic E-state index is -4.68. The summed E-state index contributed by atoms with van der Waals surface area (Å²) >= 11 is 12.1. The Morgan fingerprint density at radius 3 is 2.39 bits per heavy atom. The molecule has 1 aromatic carbocycles. The van der Waals surface area contributed by atoms with Crippen LogP contribution in [0.15, 0.2) is 28.8 Å². The van der Waals surface area contributed by atoms with E-state index in [1.54, 1.807) is 29.2 Å². The number of benzene rings is 1. The van der Waals surface area contributed by atoms with Crippen LogP contribution in [0.5, 0.6) is 0 Å². The second-order valence-corrected chi connectivity index (χ2v) is 8.84. The van der Waals surface area contributed by atoms with Crippen molar-refractivity contribution in [3.8, 4) is 11.4 Å². The van der Waals surface area contributed by atoms with Gasteiger partial charge in [-0.25, -0.2) is 0 Å². The Balaban J connectivity index is 1.46. The third kappa shape index (κ3) is 4.27. The monoisotopic (exact) mass is 433 g/mol. The summed E-state index contributed by atoms with van der Waals surface area (Å²) in [5.41, 5.74) is 1.23. The minimum Gasteiger partial charge on any atom is -0.338 e. The highest BCUT2D eigenvalue weighted by Crippen LogP contribution is 2.54. The summed E-state index contributed by atoms with van der Waals surface area (Å²) in [7, 11) is 0. The third-order valence-electron chi connectivity index (χ3n) is 4.87. The first-order chi connectivity index (χ1) is 13.1. The Hall–Kier alpha value is -1.80. The number of amides is 1. The van der Waals surface area contributed by atoms with E-state index in [1.165, 1.54) is 0 Å². The number of nitrogens with zero attached hydrogens (tertiary/aromatic N) is 3. The molecule has 2 aromatic rings. The maximum Gasteiger partial charge on any atom is 0.471 e. The molecule has 1 unspecified atom stereocenters. The van der Waals surface area contributed by atoms with Gasteiger partial charge in [-0.2, -0.15) is 18.2 Å². The van der Waals surface area contributed by atoms with E-state index in [4.69, 9.17) is 23.2 Å². The molecule has 10 heteroatoms. The van der Waals surface area contributed by atoms with E-state index < -0.39 is 16.4 Å². The first-order valence-corrected chi connectivity index (χ1v) is 9.56. The normalized spacial score (nSPS) is 20.8. The quantitative estimate of drug-likeness (QED) is 0.620. The van der Waals surface area contributed by atoms with Crippen molar-refractivity contribution in [3.63, 3.8) is 0 Å². The van der Waals surface area contributed by atoms with Crippen molar-refractivity contribution in [2.45, 2.75) is 36.3 Å². The lowest BCUT2D eigenvalue weighted by atomic mass is 10.1. The van der Waals surface area contributed by atoms with Crippen LogP contribution in [0.4, 0.5) is 13.2 Å². The Morgan fingerprint density at radius 2 is 1.89 bits per heavy atom. The molecule has 4 rings (SSSR count). The van der Waals surface area contributed by atoms with Crippen LogP contribution in [0, 0.1) is 11.8 Å². The van der Waals surface area contributed by atoms with E-state index in [1.807, 2.05) is 0 Å². The van der Waals surface area contributed by atoms with Crippen LogP contribution in [0.25, 0.3) is 11.4 Å². The van der Waals surface area contributed by atoms with Gasteiger partial charge in [-0.05, 0) is 30.7 Å². The smallest absolute Gasteiger partial charge is 0.338 e.